The van der Waals surface area contributed by atoms with Crippen LogP contribution < -0.4 is 10.2 Å². The van der Waals surface area contributed by atoms with Gasteiger partial charge in [0.15, 0.2) is 0 Å². The number of fused-ring (bicyclic) bond motifs is 1. The Morgan fingerprint density at radius 1 is 1.36 bits per heavy atom. The number of carbonyl (C=O) groups excluding carboxylic acids is 1. The van der Waals surface area contributed by atoms with E-state index in [0.29, 0.717) is 6.04 Å². The van der Waals surface area contributed by atoms with Crippen molar-refractivity contribution in [3.63, 3.8) is 0 Å². The second-order valence-electron chi connectivity index (χ2n) is 7.89. The smallest absolute Gasteiger partial charge is 0.240 e. The number of hydrogen-bond donors (Lipinski definition) is 1. The summed E-state index contributed by atoms with van der Waals surface area (Å²) in [6.45, 7) is 11.7. The normalized spacial score (nSPS) is 16.8. The van der Waals surface area contributed by atoms with Crippen molar-refractivity contribution >= 4 is 11.6 Å². The minimum absolute atomic E-state index is 0.00121. The summed E-state index contributed by atoms with van der Waals surface area (Å²) in [5, 5.41) is 3.00. The molecule has 25 heavy (non-hydrogen) atoms. The van der Waals surface area contributed by atoms with Crippen molar-refractivity contribution in [1.29, 1.82) is 0 Å². The van der Waals surface area contributed by atoms with Gasteiger partial charge >= 0.3 is 0 Å². The Balaban J connectivity index is 1.84. The third-order valence-corrected chi connectivity index (χ3v) is 4.61. The summed E-state index contributed by atoms with van der Waals surface area (Å²) in [5.74, 6) is -0.00121. The van der Waals surface area contributed by atoms with Gasteiger partial charge in [0, 0.05) is 29.4 Å². The van der Waals surface area contributed by atoms with E-state index in [1.54, 1.807) is 6.33 Å². The number of likely N-dealkylation sites (N-methyl/N-ethyl adjacent to an activating group) is 1. The summed E-state index contributed by atoms with van der Waals surface area (Å²) in [6, 6.07) is 7.12. The molecule has 5 nitrogen and oxygen atoms in total. The van der Waals surface area contributed by atoms with Crippen molar-refractivity contribution in [2.45, 2.75) is 59.2 Å². The minimum Gasteiger partial charge on any atom is -0.369 e. The van der Waals surface area contributed by atoms with Gasteiger partial charge in [-0.25, -0.2) is 4.98 Å². The van der Waals surface area contributed by atoms with Gasteiger partial charge in [-0.3, -0.25) is 4.79 Å². The van der Waals surface area contributed by atoms with Gasteiger partial charge in [0.05, 0.1) is 18.2 Å². The van der Waals surface area contributed by atoms with Crippen LogP contribution in [0.3, 0.4) is 0 Å². The SMILES string of the molecule is CCN1c2ccc(-c3cncn3CC(=O)NC(C)(C)C)cc2C[C@H]1C. The number of nitrogens with zero attached hydrogens (tertiary/aromatic N) is 3. The highest BCUT2D eigenvalue weighted by molar-refractivity contribution is 5.77. The quantitative estimate of drug-likeness (QED) is 0.929. The summed E-state index contributed by atoms with van der Waals surface area (Å²) in [4.78, 5) is 19.0. The zero-order valence-corrected chi connectivity index (χ0v) is 15.8. The average molecular weight is 340 g/mol. The molecule has 0 fully saturated rings. The van der Waals surface area contributed by atoms with Crippen LogP contribution in [-0.4, -0.2) is 33.6 Å². The molecule has 1 aromatic heterocycles. The molecule has 0 aliphatic carbocycles. The molecular weight excluding hydrogens is 312 g/mol. The number of nitrogens with one attached hydrogen (secondary N) is 1. The van der Waals surface area contributed by atoms with E-state index in [-0.39, 0.29) is 18.0 Å². The maximum atomic E-state index is 12.3. The topological polar surface area (TPSA) is 50.2 Å². The van der Waals surface area contributed by atoms with Crippen LogP contribution in [0.25, 0.3) is 11.3 Å². The first-order chi connectivity index (χ1) is 11.8. The molecule has 1 aliphatic rings. The predicted molar refractivity (Wildman–Crippen MR) is 102 cm³/mol. The highest BCUT2D eigenvalue weighted by Crippen LogP contribution is 2.35. The third kappa shape index (κ3) is 3.70. The molecule has 0 radical (unpaired) electrons. The lowest BCUT2D eigenvalue weighted by molar-refractivity contribution is -0.123. The van der Waals surface area contributed by atoms with Crippen LogP contribution in [0.1, 0.15) is 40.2 Å². The number of carbonyl (C=O) groups is 1. The van der Waals surface area contributed by atoms with Gasteiger partial charge < -0.3 is 14.8 Å². The molecule has 1 aromatic carbocycles. The Morgan fingerprint density at radius 3 is 2.80 bits per heavy atom. The Kier molecular flexibility index (Phi) is 4.58. The molecule has 0 saturated heterocycles. The molecular formula is C20H28N4O. The van der Waals surface area contributed by atoms with E-state index in [1.807, 2.05) is 31.5 Å². The fourth-order valence-corrected chi connectivity index (χ4v) is 3.64. The van der Waals surface area contributed by atoms with E-state index >= 15 is 0 Å². The highest BCUT2D eigenvalue weighted by atomic mass is 16.2. The molecule has 134 valence electrons. The molecule has 2 heterocycles. The molecule has 2 aromatic rings. The first-order valence-corrected chi connectivity index (χ1v) is 8.99. The van der Waals surface area contributed by atoms with E-state index in [9.17, 15) is 4.79 Å². The summed E-state index contributed by atoms with van der Waals surface area (Å²) >= 11 is 0. The number of rotatable bonds is 4. The summed E-state index contributed by atoms with van der Waals surface area (Å²) < 4.78 is 1.92. The van der Waals surface area contributed by atoms with Gasteiger partial charge in [0.1, 0.15) is 6.54 Å². The number of anilines is 1. The van der Waals surface area contributed by atoms with Crippen molar-refractivity contribution in [3.8, 4) is 11.3 Å². The molecule has 1 aliphatic heterocycles. The molecule has 0 spiro atoms. The van der Waals surface area contributed by atoms with Gasteiger partial charge in [0.25, 0.3) is 0 Å². The van der Waals surface area contributed by atoms with E-state index in [0.717, 1.165) is 24.2 Å². The number of amides is 1. The van der Waals surface area contributed by atoms with E-state index in [4.69, 9.17) is 0 Å². The number of imidazole rings is 1. The number of benzene rings is 1. The molecule has 1 N–H and O–H groups in total. The fraction of sp³-hybridized carbons (Fsp3) is 0.500. The lowest BCUT2D eigenvalue weighted by Crippen LogP contribution is -2.42. The molecule has 1 atom stereocenters. The van der Waals surface area contributed by atoms with Gasteiger partial charge in [0.2, 0.25) is 5.91 Å². The van der Waals surface area contributed by atoms with Crippen LogP contribution in [0.15, 0.2) is 30.7 Å². The summed E-state index contributed by atoms with van der Waals surface area (Å²) in [5.41, 5.74) is 4.57. The Morgan fingerprint density at radius 2 is 2.12 bits per heavy atom. The molecule has 3 rings (SSSR count). The van der Waals surface area contributed by atoms with Gasteiger partial charge in [-0.1, -0.05) is 6.07 Å². The first-order valence-electron chi connectivity index (χ1n) is 8.99. The summed E-state index contributed by atoms with van der Waals surface area (Å²) in [7, 11) is 0. The number of aromatic nitrogens is 2. The summed E-state index contributed by atoms with van der Waals surface area (Å²) in [6.07, 6.45) is 4.63. The predicted octanol–water partition coefficient (Wildman–Crippen LogP) is 3.24. The average Bonchev–Trinajstić information content (AvgIpc) is 3.07. The maximum absolute atomic E-state index is 12.3. The standard InChI is InChI=1S/C20H28N4O/c1-6-24-14(2)9-16-10-15(7-8-17(16)24)18-11-21-13-23(18)12-19(25)22-20(3,4)5/h7-8,10-11,13-14H,6,9,12H2,1-5H3,(H,22,25)/t14-/m1/s1. The van der Waals surface area contributed by atoms with Crippen LogP contribution in [0, 0.1) is 0 Å². The van der Waals surface area contributed by atoms with Crippen molar-refractivity contribution in [2.24, 2.45) is 0 Å². The van der Waals surface area contributed by atoms with Gasteiger partial charge in [-0.15, -0.1) is 0 Å². The fourth-order valence-electron chi connectivity index (χ4n) is 3.64. The van der Waals surface area contributed by atoms with Crippen molar-refractivity contribution in [3.05, 3.63) is 36.3 Å². The lowest BCUT2D eigenvalue weighted by atomic mass is 10.1. The Bertz CT molecular complexity index is 772. The van der Waals surface area contributed by atoms with Gasteiger partial charge in [-0.2, -0.15) is 0 Å². The van der Waals surface area contributed by atoms with Crippen molar-refractivity contribution in [2.75, 3.05) is 11.4 Å². The lowest BCUT2D eigenvalue weighted by Gasteiger charge is -2.22. The Hall–Kier alpha value is -2.30. The molecule has 0 saturated carbocycles. The Labute approximate surface area is 150 Å². The van der Waals surface area contributed by atoms with E-state index in [2.05, 4.69) is 47.2 Å². The first kappa shape index (κ1) is 17.5. The van der Waals surface area contributed by atoms with Crippen LogP contribution in [0.2, 0.25) is 0 Å². The largest absolute Gasteiger partial charge is 0.369 e. The maximum Gasteiger partial charge on any atom is 0.240 e. The van der Waals surface area contributed by atoms with Gasteiger partial charge in [-0.05, 0) is 58.7 Å². The second kappa shape index (κ2) is 6.54. The molecule has 0 bridgehead atoms. The molecule has 0 unspecified atom stereocenters. The van der Waals surface area contributed by atoms with Crippen LogP contribution in [0.4, 0.5) is 5.69 Å². The molecule has 1 amide bonds. The number of hydrogen-bond acceptors (Lipinski definition) is 3. The minimum atomic E-state index is -0.231. The van der Waals surface area contributed by atoms with E-state index in [1.165, 1.54) is 11.3 Å². The second-order valence-corrected chi connectivity index (χ2v) is 7.89. The van der Waals surface area contributed by atoms with E-state index < -0.39 is 0 Å². The van der Waals surface area contributed by atoms with Crippen LogP contribution in [0.5, 0.6) is 0 Å². The zero-order chi connectivity index (χ0) is 18.2. The highest BCUT2D eigenvalue weighted by Gasteiger charge is 2.25. The van der Waals surface area contributed by atoms with Crippen molar-refractivity contribution in [1.82, 2.24) is 14.9 Å². The van der Waals surface area contributed by atoms with Crippen LogP contribution in [-0.2, 0) is 17.8 Å². The monoisotopic (exact) mass is 340 g/mol. The zero-order valence-electron chi connectivity index (χ0n) is 15.8. The third-order valence-electron chi connectivity index (χ3n) is 4.61. The van der Waals surface area contributed by atoms with Crippen LogP contribution >= 0.6 is 0 Å². The van der Waals surface area contributed by atoms with Crippen molar-refractivity contribution < 1.29 is 4.79 Å². The molecule has 5 heteroatoms.